The number of Topliss-reactive ketones (excluding diaryl/α,β-unsaturated/α-hetero) is 1. The fourth-order valence-electron chi connectivity index (χ4n) is 8.62. The number of ketones is 1. The second-order valence-electron chi connectivity index (χ2n) is 13.0. The van der Waals surface area contributed by atoms with E-state index in [9.17, 15) is 19.8 Å². The Morgan fingerprint density at radius 1 is 1.14 bits per heavy atom. The van der Waals surface area contributed by atoms with Gasteiger partial charge in [-0.25, -0.2) is 4.79 Å². The molecule has 202 valence electrons. The van der Waals surface area contributed by atoms with Gasteiger partial charge < -0.3 is 19.7 Å². The average molecular weight is 511 g/mol. The summed E-state index contributed by atoms with van der Waals surface area (Å²) < 4.78 is 12.3. The minimum Gasteiger partial charge on any atom is -0.458 e. The Hall–Kier alpha value is -2.02. The standard InChI is InChI=1S/C31H42O6/c1-7-36-26-22-20(28(22,3)4)15-16-29(5)25(33)23-24(18(2)17-31(23,35)27(34)30(26,29)6)37-21(32)14-13-19-11-9-8-10-12-19/h8-14,18,20,22-26,33,35H,7,15-17H2,1-6H3/b14-13+/t18-,20-,22-,23+,24-,25+,26+,29-,30+,31+/m0/s1. The highest BCUT2D eigenvalue weighted by Gasteiger charge is 2.79. The van der Waals surface area contributed by atoms with E-state index in [1.54, 1.807) is 6.08 Å². The van der Waals surface area contributed by atoms with Crippen LogP contribution in [0.5, 0.6) is 0 Å². The lowest BCUT2D eigenvalue weighted by atomic mass is 9.46. The Kier molecular flexibility index (Phi) is 6.29. The van der Waals surface area contributed by atoms with Gasteiger partial charge in [0.2, 0.25) is 0 Å². The van der Waals surface area contributed by atoms with E-state index in [-0.39, 0.29) is 35.6 Å². The topological polar surface area (TPSA) is 93.1 Å². The Morgan fingerprint density at radius 3 is 2.46 bits per heavy atom. The van der Waals surface area contributed by atoms with E-state index >= 15 is 0 Å². The summed E-state index contributed by atoms with van der Waals surface area (Å²) in [5.74, 6) is -1.36. The van der Waals surface area contributed by atoms with Crippen molar-refractivity contribution in [2.45, 2.75) is 84.7 Å². The van der Waals surface area contributed by atoms with Gasteiger partial charge in [-0.15, -0.1) is 0 Å². The highest BCUT2D eigenvalue weighted by atomic mass is 16.5. The molecule has 0 spiro atoms. The normalized spacial score (nSPS) is 46.1. The summed E-state index contributed by atoms with van der Waals surface area (Å²) >= 11 is 0. The van der Waals surface area contributed by atoms with E-state index in [0.29, 0.717) is 18.9 Å². The zero-order valence-corrected chi connectivity index (χ0v) is 22.9. The van der Waals surface area contributed by atoms with Crippen LogP contribution in [0.2, 0.25) is 0 Å². The van der Waals surface area contributed by atoms with Crippen LogP contribution in [0.25, 0.3) is 6.08 Å². The molecule has 0 aromatic heterocycles. The molecule has 0 radical (unpaired) electrons. The largest absolute Gasteiger partial charge is 0.458 e. The third-order valence-electron chi connectivity index (χ3n) is 11.0. The van der Waals surface area contributed by atoms with E-state index < -0.39 is 40.5 Å². The van der Waals surface area contributed by atoms with Gasteiger partial charge in [-0.3, -0.25) is 4.79 Å². The molecule has 4 aliphatic carbocycles. The van der Waals surface area contributed by atoms with Gasteiger partial charge in [-0.05, 0) is 67.9 Å². The van der Waals surface area contributed by atoms with Crippen LogP contribution in [0, 0.1) is 39.9 Å². The fraction of sp³-hybridized carbons (Fsp3) is 0.677. The minimum atomic E-state index is -1.78. The van der Waals surface area contributed by atoms with Gasteiger partial charge in [0.1, 0.15) is 11.7 Å². The van der Waals surface area contributed by atoms with Crippen molar-refractivity contribution < 1.29 is 29.3 Å². The lowest BCUT2D eigenvalue weighted by Crippen LogP contribution is -2.72. The quantitative estimate of drug-likeness (QED) is 0.450. The van der Waals surface area contributed by atoms with Crippen molar-refractivity contribution in [3.05, 3.63) is 42.0 Å². The molecule has 1 aromatic rings. The number of esters is 1. The van der Waals surface area contributed by atoms with Crippen LogP contribution in [0.1, 0.15) is 66.4 Å². The van der Waals surface area contributed by atoms with Gasteiger partial charge >= 0.3 is 5.97 Å². The van der Waals surface area contributed by atoms with Gasteiger partial charge in [0.05, 0.1) is 23.5 Å². The first-order valence-electron chi connectivity index (χ1n) is 13.8. The Bertz CT molecular complexity index is 1100. The van der Waals surface area contributed by atoms with Crippen LogP contribution in [-0.4, -0.2) is 52.5 Å². The van der Waals surface area contributed by atoms with Crippen molar-refractivity contribution in [2.75, 3.05) is 6.61 Å². The van der Waals surface area contributed by atoms with Crippen molar-refractivity contribution in [1.29, 1.82) is 0 Å². The molecule has 0 aliphatic heterocycles. The molecule has 1 aromatic carbocycles. The van der Waals surface area contributed by atoms with Gasteiger partial charge in [0, 0.05) is 18.1 Å². The van der Waals surface area contributed by atoms with Crippen molar-refractivity contribution in [3.8, 4) is 0 Å². The van der Waals surface area contributed by atoms with E-state index in [1.807, 2.05) is 58.0 Å². The molecule has 4 aliphatic rings. The van der Waals surface area contributed by atoms with E-state index in [4.69, 9.17) is 9.47 Å². The first-order valence-corrected chi connectivity index (χ1v) is 13.8. The molecule has 6 heteroatoms. The molecule has 0 heterocycles. The monoisotopic (exact) mass is 510 g/mol. The van der Waals surface area contributed by atoms with Crippen LogP contribution in [-0.2, 0) is 19.1 Å². The predicted molar refractivity (Wildman–Crippen MR) is 140 cm³/mol. The number of aliphatic hydroxyl groups is 2. The van der Waals surface area contributed by atoms with Crippen LogP contribution >= 0.6 is 0 Å². The number of carbonyl (C=O) groups is 2. The number of aliphatic hydroxyl groups excluding tert-OH is 1. The summed E-state index contributed by atoms with van der Waals surface area (Å²) in [5, 5.41) is 24.1. The molecular formula is C31H42O6. The SMILES string of the molecule is CCO[C@@H]1[C@@H]2[C@H](CC[C@@]3(C)[C@H](O)[C@H]4[C@@H](OC(=O)/C=C/c5ccccc5)[C@@H](C)C[C@]4(O)C(=O)[C@@]13C)C2(C)C. The predicted octanol–water partition coefficient (Wildman–Crippen LogP) is 4.43. The highest BCUT2D eigenvalue weighted by molar-refractivity contribution is 5.96. The number of benzene rings is 1. The summed E-state index contributed by atoms with van der Waals surface area (Å²) in [5.41, 5.74) is -2.74. The second-order valence-corrected chi connectivity index (χ2v) is 13.0. The van der Waals surface area contributed by atoms with E-state index in [1.165, 1.54) is 6.08 Å². The molecule has 0 unspecified atom stereocenters. The summed E-state index contributed by atoms with van der Waals surface area (Å²) in [6.45, 7) is 12.6. The molecular weight excluding hydrogens is 468 g/mol. The van der Waals surface area contributed by atoms with Gasteiger partial charge in [-0.1, -0.05) is 58.0 Å². The summed E-state index contributed by atoms with van der Waals surface area (Å²) in [4.78, 5) is 27.4. The lowest BCUT2D eigenvalue weighted by Gasteiger charge is -2.60. The first-order chi connectivity index (χ1) is 17.3. The van der Waals surface area contributed by atoms with Gasteiger partial charge in [-0.2, -0.15) is 0 Å². The number of rotatable bonds is 5. The average Bonchev–Trinajstić information content (AvgIpc) is 3.33. The third kappa shape index (κ3) is 3.62. The maximum atomic E-state index is 14.5. The zero-order valence-electron chi connectivity index (χ0n) is 22.9. The molecule has 6 nitrogen and oxygen atoms in total. The molecule has 4 saturated carbocycles. The minimum absolute atomic E-state index is 0.0565. The van der Waals surface area contributed by atoms with Crippen LogP contribution in [0.3, 0.4) is 0 Å². The summed E-state index contributed by atoms with van der Waals surface area (Å²) in [6, 6.07) is 9.45. The molecule has 0 bridgehead atoms. The molecule has 0 amide bonds. The van der Waals surface area contributed by atoms with Crippen LogP contribution in [0.15, 0.2) is 36.4 Å². The first kappa shape index (κ1) is 26.6. The van der Waals surface area contributed by atoms with Crippen molar-refractivity contribution in [3.63, 3.8) is 0 Å². The Labute approximate surface area is 220 Å². The lowest BCUT2D eigenvalue weighted by molar-refractivity contribution is -0.235. The molecule has 10 atom stereocenters. The van der Waals surface area contributed by atoms with E-state index in [2.05, 4.69) is 13.8 Å². The van der Waals surface area contributed by atoms with Crippen LogP contribution < -0.4 is 0 Å². The number of ether oxygens (including phenoxy) is 2. The molecule has 5 rings (SSSR count). The number of fused-ring (bicyclic) bond motifs is 3. The number of hydrogen-bond donors (Lipinski definition) is 2. The fourth-order valence-corrected chi connectivity index (χ4v) is 8.62. The summed E-state index contributed by atoms with van der Waals surface area (Å²) in [7, 11) is 0. The smallest absolute Gasteiger partial charge is 0.331 e. The van der Waals surface area contributed by atoms with Gasteiger partial charge in [0.25, 0.3) is 0 Å². The van der Waals surface area contributed by atoms with Crippen molar-refractivity contribution in [1.82, 2.24) is 0 Å². The summed E-state index contributed by atoms with van der Waals surface area (Å²) in [6.07, 6.45) is 2.57. The van der Waals surface area contributed by atoms with Gasteiger partial charge in [0.15, 0.2) is 5.78 Å². The van der Waals surface area contributed by atoms with Crippen molar-refractivity contribution >= 4 is 17.8 Å². The maximum absolute atomic E-state index is 14.5. The Balaban J connectivity index is 1.49. The zero-order chi connectivity index (χ0) is 27.0. The number of hydrogen-bond acceptors (Lipinski definition) is 6. The molecule has 0 saturated heterocycles. The molecule has 2 N–H and O–H groups in total. The van der Waals surface area contributed by atoms with E-state index in [0.717, 1.165) is 12.0 Å². The highest BCUT2D eigenvalue weighted by Crippen LogP contribution is 2.73. The van der Waals surface area contributed by atoms with Crippen LogP contribution in [0.4, 0.5) is 0 Å². The number of carbonyl (C=O) groups excluding carboxylic acids is 2. The van der Waals surface area contributed by atoms with Crippen molar-refractivity contribution in [2.24, 2.45) is 39.9 Å². The Morgan fingerprint density at radius 2 is 1.81 bits per heavy atom. The maximum Gasteiger partial charge on any atom is 0.331 e. The molecule has 37 heavy (non-hydrogen) atoms. The third-order valence-corrected chi connectivity index (χ3v) is 11.0. The molecule has 4 fully saturated rings. The second kappa shape index (κ2) is 8.75.